The molecule has 1 atom stereocenters. The molecule has 0 aliphatic carbocycles. The SMILES string of the molecule is NC(CCCCB(O)O)C1CCN(c2ccc(Cl)cc2)CC1.O=C=O. The second-order valence-electron chi connectivity index (χ2n) is 6.31. The molecule has 2 rings (SSSR count). The third-order valence-electron chi connectivity index (χ3n) is 4.59. The summed E-state index contributed by atoms with van der Waals surface area (Å²) in [6.07, 6.45) is 5.70. The van der Waals surface area contributed by atoms with E-state index in [0.717, 1.165) is 50.2 Å². The van der Waals surface area contributed by atoms with Gasteiger partial charge in [0, 0.05) is 29.8 Å². The molecule has 1 aromatic carbocycles. The van der Waals surface area contributed by atoms with Crippen molar-refractivity contribution in [3.8, 4) is 0 Å². The molecule has 0 aromatic heterocycles. The van der Waals surface area contributed by atoms with Gasteiger partial charge in [0.15, 0.2) is 0 Å². The minimum atomic E-state index is -1.18. The van der Waals surface area contributed by atoms with Crippen LogP contribution in [0.2, 0.25) is 11.3 Å². The van der Waals surface area contributed by atoms with Crippen molar-refractivity contribution in [2.24, 2.45) is 11.7 Å². The predicted octanol–water partition coefficient (Wildman–Crippen LogP) is 1.94. The van der Waals surface area contributed by atoms with Gasteiger partial charge in [-0.1, -0.05) is 24.4 Å². The summed E-state index contributed by atoms with van der Waals surface area (Å²) in [4.78, 5) is 18.6. The number of hydrogen-bond donors (Lipinski definition) is 3. The number of rotatable bonds is 7. The number of carbonyl (C=O) groups excluding carboxylic acids is 2. The highest BCUT2D eigenvalue weighted by Gasteiger charge is 2.24. The van der Waals surface area contributed by atoms with Crippen LogP contribution >= 0.6 is 11.6 Å². The van der Waals surface area contributed by atoms with E-state index in [4.69, 9.17) is 37.0 Å². The van der Waals surface area contributed by atoms with E-state index in [1.54, 1.807) is 0 Å². The molecule has 1 fully saturated rings. The largest absolute Gasteiger partial charge is 0.451 e. The molecule has 1 unspecified atom stereocenters. The molecule has 6 nitrogen and oxygen atoms in total. The predicted molar refractivity (Wildman–Crippen MR) is 98.2 cm³/mol. The molecule has 0 amide bonds. The molecule has 1 aliphatic rings. The molecule has 8 heteroatoms. The first-order valence-electron chi connectivity index (χ1n) is 8.59. The second kappa shape index (κ2) is 12.1. The summed E-state index contributed by atoms with van der Waals surface area (Å²) in [7, 11) is -1.18. The van der Waals surface area contributed by atoms with Crippen molar-refractivity contribution in [1.82, 2.24) is 0 Å². The standard InChI is InChI=1S/C16H26BClN2O2.CO2/c18-14-4-6-15(7-5-14)20-11-8-13(9-12-20)16(19)3-1-2-10-17(21)22;2-1-3/h4-7,13,16,21-22H,1-3,8-12,19H2;. The lowest BCUT2D eigenvalue weighted by Crippen LogP contribution is -2.41. The quantitative estimate of drug-likeness (QED) is 0.502. The van der Waals surface area contributed by atoms with Gasteiger partial charge >= 0.3 is 13.3 Å². The maximum Gasteiger partial charge on any atom is 0.451 e. The molecule has 4 N–H and O–H groups in total. The normalized spacial score (nSPS) is 15.8. The van der Waals surface area contributed by atoms with Gasteiger partial charge in [-0.2, -0.15) is 9.59 Å². The van der Waals surface area contributed by atoms with Gasteiger partial charge in [0.2, 0.25) is 0 Å². The van der Waals surface area contributed by atoms with Crippen molar-refractivity contribution in [1.29, 1.82) is 0 Å². The number of anilines is 1. The number of nitrogens with zero attached hydrogens (tertiary/aromatic N) is 1. The Kier molecular flexibility index (Phi) is 10.5. The summed E-state index contributed by atoms with van der Waals surface area (Å²) in [6.45, 7) is 2.07. The molecular weight excluding hydrogens is 342 g/mol. The Morgan fingerprint density at radius 2 is 1.76 bits per heavy atom. The first-order valence-corrected chi connectivity index (χ1v) is 8.97. The summed E-state index contributed by atoms with van der Waals surface area (Å²) in [6, 6.07) is 8.24. The van der Waals surface area contributed by atoms with E-state index < -0.39 is 7.12 Å². The third kappa shape index (κ3) is 8.52. The molecule has 0 radical (unpaired) electrons. The smallest absolute Gasteiger partial charge is 0.427 e. The van der Waals surface area contributed by atoms with Gasteiger partial charge in [-0.05, 0) is 55.8 Å². The number of nitrogens with two attached hydrogens (primary N) is 1. The maximum atomic E-state index is 8.83. The molecule has 138 valence electrons. The van der Waals surface area contributed by atoms with Gasteiger partial charge in [0.1, 0.15) is 0 Å². The molecule has 1 heterocycles. The minimum Gasteiger partial charge on any atom is -0.427 e. The van der Waals surface area contributed by atoms with Crippen LogP contribution in [0.1, 0.15) is 32.1 Å². The number of benzene rings is 1. The van der Waals surface area contributed by atoms with Gasteiger partial charge in [-0.3, -0.25) is 0 Å². The van der Waals surface area contributed by atoms with Crippen molar-refractivity contribution in [3.05, 3.63) is 29.3 Å². The number of piperidine rings is 1. The van der Waals surface area contributed by atoms with Gasteiger partial charge in [0.25, 0.3) is 0 Å². The minimum absolute atomic E-state index is 0.225. The van der Waals surface area contributed by atoms with Crippen molar-refractivity contribution in [2.75, 3.05) is 18.0 Å². The van der Waals surface area contributed by atoms with Crippen LogP contribution in [0.4, 0.5) is 5.69 Å². The van der Waals surface area contributed by atoms with Crippen molar-refractivity contribution >= 4 is 30.6 Å². The van der Waals surface area contributed by atoms with E-state index in [9.17, 15) is 0 Å². The van der Waals surface area contributed by atoms with Crippen LogP contribution in [0, 0.1) is 5.92 Å². The monoisotopic (exact) mass is 368 g/mol. The van der Waals surface area contributed by atoms with Crippen LogP contribution in [0.5, 0.6) is 0 Å². The Morgan fingerprint density at radius 3 is 2.28 bits per heavy atom. The molecule has 1 aromatic rings. The highest BCUT2D eigenvalue weighted by atomic mass is 35.5. The van der Waals surface area contributed by atoms with E-state index in [1.807, 2.05) is 12.1 Å². The Labute approximate surface area is 154 Å². The van der Waals surface area contributed by atoms with Crippen LogP contribution in [0.15, 0.2) is 24.3 Å². The van der Waals surface area contributed by atoms with E-state index in [2.05, 4.69) is 17.0 Å². The summed E-state index contributed by atoms with van der Waals surface area (Å²) >= 11 is 5.93. The maximum absolute atomic E-state index is 8.83. The van der Waals surface area contributed by atoms with Crippen LogP contribution in [-0.4, -0.2) is 42.4 Å². The highest BCUT2D eigenvalue weighted by Crippen LogP contribution is 2.27. The Hall–Kier alpha value is -1.37. The van der Waals surface area contributed by atoms with Crippen molar-refractivity contribution in [3.63, 3.8) is 0 Å². The van der Waals surface area contributed by atoms with Crippen LogP contribution in [-0.2, 0) is 9.59 Å². The molecule has 0 bridgehead atoms. The van der Waals surface area contributed by atoms with E-state index in [0.29, 0.717) is 12.2 Å². The average Bonchev–Trinajstić information content (AvgIpc) is 2.60. The lowest BCUT2D eigenvalue weighted by molar-refractivity contribution is -0.191. The molecule has 0 spiro atoms. The van der Waals surface area contributed by atoms with Gasteiger partial charge < -0.3 is 20.7 Å². The molecule has 1 saturated heterocycles. The number of halogens is 1. The molecule has 25 heavy (non-hydrogen) atoms. The molecule has 0 saturated carbocycles. The summed E-state index contributed by atoms with van der Waals surface area (Å²) < 4.78 is 0. The fourth-order valence-electron chi connectivity index (χ4n) is 3.18. The van der Waals surface area contributed by atoms with E-state index >= 15 is 0 Å². The van der Waals surface area contributed by atoms with Crippen LogP contribution in [0.25, 0.3) is 0 Å². The highest BCUT2D eigenvalue weighted by molar-refractivity contribution is 6.40. The Bertz CT molecular complexity index is 516. The number of unbranched alkanes of at least 4 members (excludes halogenated alkanes) is 1. The van der Waals surface area contributed by atoms with Gasteiger partial charge in [-0.25, -0.2) is 0 Å². The van der Waals surface area contributed by atoms with Crippen molar-refractivity contribution in [2.45, 2.75) is 44.5 Å². The van der Waals surface area contributed by atoms with Gasteiger partial charge in [-0.15, -0.1) is 0 Å². The van der Waals surface area contributed by atoms with E-state index in [-0.39, 0.29) is 12.2 Å². The summed E-state index contributed by atoms with van der Waals surface area (Å²) in [5, 5.41) is 18.4. The Morgan fingerprint density at radius 1 is 1.20 bits per heavy atom. The summed E-state index contributed by atoms with van der Waals surface area (Å²) in [5.74, 6) is 0.572. The Balaban J connectivity index is 0.000000970. The first-order chi connectivity index (χ1) is 12.0. The van der Waals surface area contributed by atoms with Gasteiger partial charge in [0.05, 0.1) is 0 Å². The lowest BCUT2D eigenvalue weighted by atomic mass is 9.82. The topological polar surface area (TPSA) is 104 Å². The first kappa shape index (κ1) is 21.7. The number of hydrogen-bond acceptors (Lipinski definition) is 6. The zero-order valence-electron chi connectivity index (χ0n) is 14.3. The van der Waals surface area contributed by atoms with Crippen LogP contribution < -0.4 is 10.6 Å². The zero-order chi connectivity index (χ0) is 18.7. The fourth-order valence-corrected chi connectivity index (χ4v) is 3.31. The molecule has 1 aliphatic heterocycles. The van der Waals surface area contributed by atoms with E-state index in [1.165, 1.54) is 5.69 Å². The summed E-state index contributed by atoms with van der Waals surface area (Å²) in [5.41, 5.74) is 7.54. The fraction of sp³-hybridized carbons (Fsp3) is 0.588. The van der Waals surface area contributed by atoms with Crippen molar-refractivity contribution < 1.29 is 19.6 Å². The molecular formula is C17H26BClN2O4. The zero-order valence-corrected chi connectivity index (χ0v) is 15.1. The second-order valence-corrected chi connectivity index (χ2v) is 6.75. The van der Waals surface area contributed by atoms with Crippen LogP contribution in [0.3, 0.4) is 0 Å². The average molecular weight is 369 g/mol. The lowest BCUT2D eigenvalue weighted by Gasteiger charge is -2.36. The third-order valence-corrected chi connectivity index (χ3v) is 4.84.